The monoisotopic (exact) mass is 251 g/mol. The van der Waals surface area contributed by atoms with Crippen LogP contribution in [0.2, 0.25) is 19.1 Å². The minimum Gasteiger partial charge on any atom is -0.398 e. The van der Waals surface area contributed by atoms with E-state index in [-0.39, 0.29) is 5.12 Å². The van der Waals surface area contributed by atoms with E-state index in [0.717, 1.165) is 6.54 Å². The van der Waals surface area contributed by atoms with Crippen molar-refractivity contribution in [2.45, 2.75) is 25.6 Å². The summed E-state index contributed by atoms with van der Waals surface area (Å²) in [4.78, 5) is 11.1. The number of rotatable bonds is 2. The van der Waals surface area contributed by atoms with Gasteiger partial charge in [0.05, 0.1) is 0 Å². The number of benzene rings is 1. The minimum atomic E-state index is -1.23. The summed E-state index contributed by atoms with van der Waals surface area (Å²) in [5.41, 5.74) is 1.93. The normalized spacial score (nSPS) is 18.8. The van der Waals surface area contributed by atoms with Crippen molar-refractivity contribution in [1.82, 2.24) is 0 Å². The van der Waals surface area contributed by atoms with E-state index >= 15 is 0 Å². The summed E-state index contributed by atoms with van der Waals surface area (Å²) in [5.74, 6) is 0. The number of hydrogen-bond donors (Lipinski definition) is 1. The molecule has 1 aromatic rings. The molecule has 0 aromatic heterocycles. The second-order valence-electron chi connectivity index (χ2n) is 4.92. The molecule has 0 atom stereocenters. The van der Waals surface area contributed by atoms with E-state index in [1.807, 2.05) is 24.3 Å². The van der Waals surface area contributed by atoms with Crippen LogP contribution in [0.15, 0.2) is 24.3 Å². The number of nitrogens with zero attached hydrogens (tertiary/aromatic N) is 1. The molecule has 0 bridgehead atoms. The summed E-state index contributed by atoms with van der Waals surface area (Å²) in [6, 6.07) is 9.19. The Labute approximate surface area is 103 Å². The quantitative estimate of drug-likeness (QED) is 0.643. The fraction of sp³-hybridized carbons (Fsp3) is 0.417. The molecule has 0 amide bonds. The number of thiol groups is 1. The van der Waals surface area contributed by atoms with Crippen molar-refractivity contribution < 1.29 is 4.79 Å². The van der Waals surface area contributed by atoms with E-state index in [1.165, 1.54) is 18.2 Å². The van der Waals surface area contributed by atoms with Crippen molar-refractivity contribution in [2.75, 3.05) is 11.1 Å². The van der Waals surface area contributed by atoms with Gasteiger partial charge in [0.1, 0.15) is 0 Å². The summed E-state index contributed by atoms with van der Waals surface area (Å²) in [6.07, 6.45) is 1.30. The molecular weight excluding hydrogens is 234 g/mol. The van der Waals surface area contributed by atoms with Crippen molar-refractivity contribution in [3.63, 3.8) is 0 Å². The van der Waals surface area contributed by atoms with Gasteiger partial charge in [-0.25, -0.2) is 0 Å². The lowest BCUT2D eigenvalue weighted by molar-refractivity contribution is 0.109. The van der Waals surface area contributed by atoms with Gasteiger partial charge in [0, 0.05) is 17.8 Å². The summed E-state index contributed by atoms with van der Waals surface area (Å²) < 4.78 is 2.54. The zero-order chi connectivity index (χ0) is 11.8. The lowest BCUT2D eigenvalue weighted by Crippen LogP contribution is -2.43. The van der Waals surface area contributed by atoms with E-state index in [0.29, 0.717) is 5.56 Å². The van der Waals surface area contributed by atoms with Gasteiger partial charge in [-0.15, -0.1) is 12.6 Å². The number of hydrogen-bond acceptors (Lipinski definition) is 2. The first-order chi connectivity index (χ1) is 7.50. The standard InChI is InChI=1S/C12H17NOSSi/c1-16(2)9-3-8-13(16)11-6-4-10(5-7-11)12(14)15/h4-7H,3,8-9H2,1-2H3,(H,14,15). The first kappa shape index (κ1) is 11.7. The molecular formula is C12H17NOSSi. The number of carbonyl (C=O) groups excluding carboxylic acids is 1. The molecule has 1 fully saturated rings. The van der Waals surface area contributed by atoms with Gasteiger partial charge in [-0.1, -0.05) is 13.1 Å². The highest BCUT2D eigenvalue weighted by Crippen LogP contribution is 2.31. The first-order valence-electron chi connectivity index (χ1n) is 5.62. The molecule has 86 valence electrons. The smallest absolute Gasteiger partial charge is 0.216 e. The van der Waals surface area contributed by atoms with Crippen LogP contribution < -0.4 is 4.57 Å². The average Bonchev–Trinajstić information content (AvgIpc) is 2.58. The van der Waals surface area contributed by atoms with E-state index in [1.54, 1.807) is 0 Å². The molecule has 2 rings (SSSR count). The van der Waals surface area contributed by atoms with Crippen molar-refractivity contribution >= 4 is 31.7 Å². The molecule has 0 saturated carbocycles. The van der Waals surface area contributed by atoms with Gasteiger partial charge < -0.3 is 4.57 Å². The van der Waals surface area contributed by atoms with Crippen LogP contribution in [-0.2, 0) is 0 Å². The Hall–Kier alpha value is -0.743. The Kier molecular flexibility index (Phi) is 3.12. The highest BCUT2D eigenvalue weighted by Gasteiger charge is 2.34. The van der Waals surface area contributed by atoms with Crippen LogP contribution in [0.3, 0.4) is 0 Å². The highest BCUT2D eigenvalue weighted by molar-refractivity contribution is 7.97. The Bertz CT molecular complexity index is 402. The molecule has 2 nitrogen and oxygen atoms in total. The zero-order valence-corrected chi connectivity index (χ0v) is 11.6. The van der Waals surface area contributed by atoms with Gasteiger partial charge in [-0.3, -0.25) is 4.79 Å². The first-order valence-corrected chi connectivity index (χ1v) is 9.22. The molecule has 0 radical (unpaired) electrons. The zero-order valence-electron chi connectivity index (χ0n) is 9.73. The molecule has 4 heteroatoms. The molecule has 0 aliphatic carbocycles. The average molecular weight is 251 g/mol. The van der Waals surface area contributed by atoms with Crippen LogP contribution in [0.5, 0.6) is 0 Å². The van der Waals surface area contributed by atoms with Crippen molar-refractivity contribution in [2.24, 2.45) is 0 Å². The molecule has 1 aliphatic rings. The van der Waals surface area contributed by atoms with Gasteiger partial charge in [-0.05, 0) is 36.7 Å². The van der Waals surface area contributed by atoms with E-state index in [9.17, 15) is 4.79 Å². The van der Waals surface area contributed by atoms with Crippen LogP contribution in [0, 0.1) is 0 Å². The van der Waals surface area contributed by atoms with E-state index < -0.39 is 8.24 Å². The lowest BCUT2D eigenvalue weighted by Gasteiger charge is -2.32. The summed E-state index contributed by atoms with van der Waals surface area (Å²) in [6.45, 7) is 5.96. The molecule has 1 saturated heterocycles. The summed E-state index contributed by atoms with van der Waals surface area (Å²) >= 11 is 3.82. The van der Waals surface area contributed by atoms with E-state index in [2.05, 4.69) is 30.3 Å². The largest absolute Gasteiger partial charge is 0.398 e. The molecule has 1 heterocycles. The topological polar surface area (TPSA) is 20.3 Å². The molecule has 16 heavy (non-hydrogen) atoms. The second-order valence-corrected chi connectivity index (χ2v) is 9.99. The van der Waals surface area contributed by atoms with Crippen molar-refractivity contribution in [1.29, 1.82) is 0 Å². The molecule has 0 unspecified atom stereocenters. The van der Waals surface area contributed by atoms with Gasteiger partial charge in [-0.2, -0.15) is 0 Å². The van der Waals surface area contributed by atoms with Gasteiger partial charge in [0.25, 0.3) is 0 Å². The van der Waals surface area contributed by atoms with Crippen LogP contribution in [0.4, 0.5) is 5.69 Å². The van der Waals surface area contributed by atoms with Gasteiger partial charge in [0.15, 0.2) is 8.24 Å². The van der Waals surface area contributed by atoms with Gasteiger partial charge in [0.2, 0.25) is 5.12 Å². The van der Waals surface area contributed by atoms with Crippen molar-refractivity contribution in [3.8, 4) is 0 Å². The highest BCUT2D eigenvalue weighted by atomic mass is 32.1. The van der Waals surface area contributed by atoms with Crippen LogP contribution in [0.25, 0.3) is 0 Å². The Morgan fingerprint density at radius 1 is 1.31 bits per heavy atom. The fourth-order valence-electron chi connectivity index (χ4n) is 2.37. The van der Waals surface area contributed by atoms with Crippen LogP contribution in [-0.4, -0.2) is 19.9 Å². The fourth-order valence-corrected chi connectivity index (χ4v) is 5.42. The van der Waals surface area contributed by atoms with E-state index in [4.69, 9.17) is 0 Å². The van der Waals surface area contributed by atoms with Gasteiger partial charge >= 0.3 is 0 Å². The van der Waals surface area contributed by atoms with Crippen molar-refractivity contribution in [3.05, 3.63) is 29.8 Å². The molecule has 1 aliphatic heterocycles. The maximum atomic E-state index is 11.1. The third kappa shape index (κ3) is 2.18. The van der Waals surface area contributed by atoms with Crippen LogP contribution in [0.1, 0.15) is 16.8 Å². The Morgan fingerprint density at radius 3 is 2.38 bits per heavy atom. The van der Waals surface area contributed by atoms with Crippen LogP contribution >= 0.6 is 12.6 Å². The minimum absolute atomic E-state index is 0.163. The molecule has 1 aromatic carbocycles. The second kappa shape index (κ2) is 4.26. The Morgan fingerprint density at radius 2 is 1.94 bits per heavy atom. The summed E-state index contributed by atoms with van der Waals surface area (Å²) in [7, 11) is -1.23. The maximum absolute atomic E-state index is 11.1. The predicted octanol–water partition coefficient (Wildman–Crippen LogP) is 3.17. The number of anilines is 1. The SMILES string of the molecule is C[Si]1(C)CCCN1c1ccc(C(=O)S)cc1. The predicted molar refractivity (Wildman–Crippen MR) is 74.0 cm³/mol. The molecule has 0 spiro atoms. The molecule has 0 N–H and O–H groups in total. The Balaban J connectivity index is 2.25. The lowest BCUT2D eigenvalue weighted by atomic mass is 10.2. The third-order valence-electron chi connectivity index (χ3n) is 3.33. The summed E-state index contributed by atoms with van der Waals surface area (Å²) in [5, 5.41) is -0.163. The maximum Gasteiger partial charge on any atom is 0.216 e. The third-order valence-corrected chi connectivity index (χ3v) is 7.11. The number of carbonyl (C=O) groups is 1.